The average molecular weight is 175 g/mol. The van der Waals surface area contributed by atoms with Crippen LogP contribution in [0.15, 0.2) is 24.5 Å². The van der Waals surface area contributed by atoms with Crippen LogP contribution < -0.4 is 5.73 Å². The molecule has 0 aliphatic heterocycles. The summed E-state index contributed by atoms with van der Waals surface area (Å²) in [5.41, 5.74) is 8.87. The van der Waals surface area contributed by atoms with Gasteiger partial charge < -0.3 is 10.7 Å². The van der Waals surface area contributed by atoms with Gasteiger partial charge in [-0.3, -0.25) is 4.98 Å². The molecule has 0 fully saturated rings. The molecule has 1 atom stereocenters. The van der Waals surface area contributed by atoms with Gasteiger partial charge in [-0.2, -0.15) is 0 Å². The lowest BCUT2D eigenvalue weighted by Gasteiger charge is -2.07. The van der Waals surface area contributed by atoms with Crippen molar-refractivity contribution >= 4 is 11.0 Å². The number of aromatic nitrogens is 2. The van der Waals surface area contributed by atoms with Crippen molar-refractivity contribution in [3.05, 3.63) is 30.1 Å². The van der Waals surface area contributed by atoms with Gasteiger partial charge in [0.05, 0.1) is 11.0 Å². The predicted molar refractivity (Wildman–Crippen MR) is 53.6 cm³/mol. The Morgan fingerprint density at radius 2 is 2.46 bits per heavy atom. The number of nitrogens with one attached hydrogen (secondary N) is 1. The summed E-state index contributed by atoms with van der Waals surface area (Å²) in [6.07, 6.45) is 3.79. The highest BCUT2D eigenvalue weighted by molar-refractivity contribution is 5.75. The van der Waals surface area contributed by atoms with Crippen molar-refractivity contribution in [1.82, 2.24) is 9.97 Å². The Balaban J connectivity index is 2.48. The highest BCUT2D eigenvalue weighted by Gasteiger charge is 2.04. The maximum absolute atomic E-state index is 5.59. The first-order valence-electron chi connectivity index (χ1n) is 4.44. The summed E-state index contributed by atoms with van der Waals surface area (Å²) in [5.74, 6) is 0.375. The van der Waals surface area contributed by atoms with Gasteiger partial charge in [0, 0.05) is 12.4 Å². The van der Waals surface area contributed by atoms with Crippen molar-refractivity contribution in [2.24, 2.45) is 5.73 Å². The number of nitrogens with two attached hydrogens (primary N) is 1. The van der Waals surface area contributed by atoms with Crippen molar-refractivity contribution in [3.63, 3.8) is 0 Å². The van der Waals surface area contributed by atoms with E-state index in [1.54, 1.807) is 0 Å². The monoisotopic (exact) mass is 175 g/mol. The highest BCUT2D eigenvalue weighted by atomic mass is 14.8. The van der Waals surface area contributed by atoms with Crippen LogP contribution in [0.25, 0.3) is 11.0 Å². The third-order valence-corrected chi connectivity index (χ3v) is 2.34. The molecule has 13 heavy (non-hydrogen) atoms. The van der Waals surface area contributed by atoms with Gasteiger partial charge in [0.25, 0.3) is 0 Å². The van der Waals surface area contributed by atoms with Crippen molar-refractivity contribution in [3.8, 4) is 0 Å². The van der Waals surface area contributed by atoms with E-state index in [1.807, 2.05) is 18.5 Å². The molecule has 0 saturated heterocycles. The molecule has 2 heterocycles. The van der Waals surface area contributed by atoms with Gasteiger partial charge in [-0.15, -0.1) is 0 Å². The topological polar surface area (TPSA) is 54.7 Å². The van der Waals surface area contributed by atoms with Crippen LogP contribution in [0.3, 0.4) is 0 Å². The lowest BCUT2D eigenvalue weighted by molar-refractivity contribution is 0.771. The molecule has 0 radical (unpaired) electrons. The third kappa shape index (κ3) is 1.42. The Labute approximate surface area is 77.0 Å². The van der Waals surface area contributed by atoms with Gasteiger partial charge in [-0.1, -0.05) is 6.92 Å². The van der Waals surface area contributed by atoms with Gasteiger partial charge in [0.2, 0.25) is 0 Å². The van der Waals surface area contributed by atoms with Crippen LogP contribution in [0.5, 0.6) is 0 Å². The molecule has 2 rings (SSSR count). The summed E-state index contributed by atoms with van der Waals surface area (Å²) in [7, 11) is 0. The SMILES string of the molecule is CC(CN)c1cnc2cc[nH]c2c1. The van der Waals surface area contributed by atoms with E-state index in [0.717, 1.165) is 11.0 Å². The largest absolute Gasteiger partial charge is 0.360 e. The Kier molecular flexibility index (Phi) is 2.02. The molecule has 0 saturated carbocycles. The summed E-state index contributed by atoms with van der Waals surface area (Å²) in [5, 5.41) is 0. The fourth-order valence-electron chi connectivity index (χ4n) is 1.36. The smallest absolute Gasteiger partial charge is 0.0878 e. The second kappa shape index (κ2) is 3.18. The second-order valence-electron chi connectivity index (χ2n) is 3.32. The van der Waals surface area contributed by atoms with E-state index >= 15 is 0 Å². The van der Waals surface area contributed by atoms with E-state index in [-0.39, 0.29) is 0 Å². The number of aromatic amines is 1. The molecule has 2 aromatic heterocycles. The summed E-state index contributed by atoms with van der Waals surface area (Å²) >= 11 is 0. The molecule has 2 aromatic rings. The molecule has 0 aromatic carbocycles. The molecular formula is C10H13N3. The van der Waals surface area contributed by atoms with Crippen LogP contribution in [0, 0.1) is 0 Å². The van der Waals surface area contributed by atoms with E-state index in [9.17, 15) is 0 Å². The zero-order chi connectivity index (χ0) is 9.26. The average Bonchev–Trinajstić information content (AvgIpc) is 2.63. The molecule has 3 N–H and O–H groups in total. The van der Waals surface area contributed by atoms with Crippen LogP contribution in [0.2, 0.25) is 0 Å². The van der Waals surface area contributed by atoms with E-state index in [4.69, 9.17) is 5.73 Å². The second-order valence-corrected chi connectivity index (χ2v) is 3.32. The van der Waals surface area contributed by atoms with Gasteiger partial charge in [0.1, 0.15) is 0 Å². The zero-order valence-electron chi connectivity index (χ0n) is 7.62. The molecule has 3 nitrogen and oxygen atoms in total. The van der Waals surface area contributed by atoms with E-state index in [2.05, 4.69) is 23.0 Å². The van der Waals surface area contributed by atoms with Crippen molar-refractivity contribution in [2.45, 2.75) is 12.8 Å². The van der Waals surface area contributed by atoms with Crippen molar-refractivity contribution in [1.29, 1.82) is 0 Å². The van der Waals surface area contributed by atoms with Crippen LogP contribution >= 0.6 is 0 Å². The van der Waals surface area contributed by atoms with Crippen molar-refractivity contribution in [2.75, 3.05) is 6.54 Å². The molecule has 0 aliphatic carbocycles. The number of fused-ring (bicyclic) bond motifs is 1. The highest BCUT2D eigenvalue weighted by Crippen LogP contribution is 2.17. The number of pyridine rings is 1. The molecule has 3 heteroatoms. The summed E-state index contributed by atoms with van der Waals surface area (Å²) in [6, 6.07) is 4.08. The lowest BCUT2D eigenvalue weighted by Crippen LogP contribution is -2.08. The minimum Gasteiger partial charge on any atom is -0.360 e. The molecule has 0 bridgehead atoms. The molecular weight excluding hydrogens is 162 g/mol. The maximum Gasteiger partial charge on any atom is 0.0878 e. The Morgan fingerprint density at radius 3 is 3.23 bits per heavy atom. The summed E-state index contributed by atoms with van der Waals surface area (Å²) in [4.78, 5) is 7.46. The van der Waals surface area contributed by atoms with Crippen LogP contribution in [-0.2, 0) is 0 Å². The number of H-pyrrole nitrogens is 1. The summed E-state index contributed by atoms with van der Waals surface area (Å²) in [6.45, 7) is 2.76. The Hall–Kier alpha value is -1.35. The maximum atomic E-state index is 5.59. The minimum absolute atomic E-state index is 0.375. The van der Waals surface area contributed by atoms with Crippen molar-refractivity contribution < 1.29 is 0 Å². The molecule has 0 spiro atoms. The first-order valence-corrected chi connectivity index (χ1v) is 4.44. The zero-order valence-corrected chi connectivity index (χ0v) is 7.62. The van der Waals surface area contributed by atoms with E-state index in [1.165, 1.54) is 5.56 Å². The first-order chi connectivity index (χ1) is 6.31. The third-order valence-electron chi connectivity index (χ3n) is 2.34. The quantitative estimate of drug-likeness (QED) is 0.728. The van der Waals surface area contributed by atoms with Gasteiger partial charge >= 0.3 is 0 Å². The standard InChI is InChI=1S/C10H13N3/c1-7(5-11)8-4-10-9(13-6-8)2-3-12-10/h2-4,6-7,12H,5,11H2,1H3. The molecule has 1 unspecified atom stereocenters. The van der Waals surface area contributed by atoms with E-state index < -0.39 is 0 Å². The Bertz CT molecular complexity index is 405. The van der Waals surface area contributed by atoms with E-state index in [0.29, 0.717) is 12.5 Å². The number of nitrogens with zero attached hydrogens (tertiary/aromatic N) is 1. The van der Waals surface area contributed by atoms with Crippen LogP contribution in [-0.4, -0.2) is 16.5 Å². The Morgan fingerprint density at radius 1 is 1.62 bits per heavy atom. The van der Waals surface area contributed by atoms with Gasteiger partial charge in [-0.05, 0) is 30.2 Å². The lowest BCUT2D eigenvalue weighted by atomic mass is 10.0. The number of rotatable bonds is 2. The van der Waals surface area contributed by atoms with Gasteiger partial charge in [0.15, 0.2) is 0 Å². The fraction of sp³-hybridized carbons (Fsp3) is 0.300. The number of hydrogen-bond acceptors (Lipinski definition) is 2. The van der Waals surface area contributed by atoms with Crippen LogP contribution in [0.1, 0.15) is 18.4 Å². The van der Waals surface area contributed by atoms with Gasteiger partial charge in [-0.25, -0.2) is 0 Å². The molecule has 0 amide bonds. The predicted octanol–water partition coefficient (Wildman–Crippen LogP) is 1.63. The minimum atomic E-state index is 0.375. The molecule has 68 valence electrons. The normalized spacial score (nSPS) is 13.4. The number of hydrogen-bond donors (Lipinski definition) is 2. The first kappa shape index (κ1) is 8.26. The fourth-order valence-corrected chi connectivity index (χ4v) is 1.36. The summed E-state index contributed by atoms with van der Waals surface area (Å²) < 4.78 is 0. The van der Waals surface area contributed by atoms with Crippen LogP contribution in [0.4, 0.5) is 0 Å². The molecule has 0 aliphatic rings.